The van der Waals surface area contributed by atoms with E-state index in [9.17, 15) is 4.79 Å². The molecule has 8 rings (SSSR count). The minimum absolute atomic E-state index is 0.0312. The zero-order chi connectivity index (χ0) is 38.4. The van der Waals surface area contributed by atoms with Crippen molar-refractivity contribution in [3.63, 3.8) is 0 Å². The van der Waals surface area contributed by atoms with E-state index in [1.54, 1.807) is 4.68 Å². The van der Waals surface area contributed by atoms with Crippen LogP contribution in [-0.4, -0.2) is 41.0 Å². The van der Waals surface area contributed by atoms with E-state index in [1.807, 2.05) is 91.0 Å². The second-order valence-electron chi connectivity index (χ2n) is 16.5. The van der Waals surface area contributed by atoms with Gasteiger partial charge in [-0.15, -0.1) is 0 Å². The fourth-order valence-electron chi connectivity index (χ4n) is 8.04. The van der Waals surface area contributed by atoms with Crippen molar-refractivity contribution in [2.24, 2.45) is 4.36 Å². The van der Waals surface area contributed by atoms with Crippen LogP contribution in [0.15, 0.2) is 113 Å². The third-order valence-corrected chi connectivity index (χ3v) is 18.3. The number of ether oxygens (including phenoxy) is 1. The molecule has 2 atom stereocenters. The maximum absolute atomic E-state index is 16.3. The Balaban J connectivity index is 1.28. The number of benzene rings is 4. The Morgan fingerprint density at radius 1 is 0.873 bits per heavy atom. The molecule has 3 aliphatic rings. The second-order valence-corrected chi connectivity index (χ2v) is 23.2. The Morgan fingerprint density at radius 3 is 1.91 bits per heavy atom. The summed E-state index contributed by atoms with van der Waals surface area (Å²) >= 11 is 0. The first-order chi connectivity index (χ1) is 26.4. The van der Waals surface area contributed by atoms with E-state index in [2.05, 4.69) is 55.1 Å². The van der Waals surface area contributed by atoms with E-state index in [-0.39, 0.29) is 16.0 Å². The van der Waals surface area contributed by atoms with Gasteiger partial charge in [0, 0.05) is 5.69 Å². The maximum atomic E-state index is 16.3. The standard InChI is InChI=1S/C44H51N5O4SSi/c1-43(2,3)55(4,5)52-30-36-29-49-41(53-36)39(28-45-49)54(51,47-42(50)46-40-37-25-15-17-31(37)27-32-18-16-26-38(32)40)48-44(33-19-9-6-10-20-33,34-21-11-7-12-22-34)35-23-13-8-14-24-35/h6-14,19-24,27-28,36H,15-18,25-26,29-30H2,1-5H3,(H2,46,47,48,50,51). The van der Waals surface area contributed by atoms with Crippen molar-refractivity contribution in [3.8, 4) is 5.88 Å². The number of urea groups is 1. The minimum atomic E-state index is -3.87. The predicted octanol–water partition coefficient (Wildman–Crippen LogP) is 9.20. The van der Waals surface area contributed by atoms with Gasteiger partial charge in [0.05, 0.1) is 19.3 Å². The summed E-state index contributed by atoms with van der Waals surface area (Å²) in [6.07, 6.45) is 7.10. The normalized spacial score (nSPS) is 17.4. The van der Waals surface area contributed by atoms with Crippen LogP contribution in [-0.2, 0) is 52.1 Å². The number of anilines is 1. The molecule has 0 bridgehead atoms. The molecule has 0 fully saturated rings. The molecule has 1 aliphatic heterocycles. The highest BCUT2D eigenvalue weighted by molar-refractivity contribution is 7.92. The molecule has 2 amide bonds. The number of aryl methyl sites for hydroxylation is 2. The third kappa shape index (κ3) is 6.91. The van der Waals surface area contributed by atoms with Crippen LogP contribution in [0.5, 0.6) is 5.88 Å². The predicted molar refractivity (Wildman–Crippen MR) is 220 cm³/mol. The number of aromatic nitrogens is 2. The van der Waals surface area contributed by atoms with Gasteiger partial charge in [-0.05, 0) is 95.6 Å². The summed E-state index contributed by atoms with van der Waals surface area (Å²) in [7, 11) is -5.94. The quantitative estimate of drug-likeness (QED) is 0.109. The Bertz CT molecular complexity index is 2200. The monoisotopic (exact) mass is 773 g/mol. The molecule has 0 saturated heterocycles. The molecular weight excluding hydrogens is 723 g/mol. The first-order valence-corrected chi connectivity index (χ1v) is 23.9. The fraction of sp³-hybridized carbons (Fsp3) is 0.364. The third-order valence-electron chi connectivity index (χ3n) is 11.9. The molecule has 11 heteroatoms. The lowest BCUT2D eigenvalue weighted by Crippen LogP contribution is -2.43. The summed E-state index contributed by atoms with van der Waals surface area (Å²) in [6.45, 7) is 11.9. The smallest absolute Gasteiger partial charge is 0.331 e. The number of nitrogens with zero attached hydrogens (tertiary/aromatic N) is 3. The second kappa shape index (κ2) is 14.4. The first kappa shape index (κ1) is 37.2. The van der Waals surface area contributed by atoms with Gasteiger partial charge < -0.3 is 14.5 Å². The van der Waals surface area contributed by atoms with Crippen LogP contribution in [0.1, 0.15) is 72.6 Å². The van der Waals surface area contributed by atoms with Crippen molar-refractivity contribution in [3.05, 3.63) is 142 Å². The molecule has 0 spiro atoms. The Hall–Kier alpha value is -4.71. The summed E-state index contributed by atoms with van der Waals surface area (Å²) in [4.78, 5) is 14.8. The van der Waals surface area contributed by atoms with E-state index >= 15 is 4.21 Å². The zero-order valence-electron chi connectivity index (χ0n) is 32.4. The van der Waals surface area contributed by atoms with Crippen molar-refractivity contribution in [2.75, 3.05) is 11.9 Å². The summed E-state index contributed by atoms with van der Waals surface area (Å²) < 4.78 is 39.5. The average Bonchev–Trinajstić information content (AvgIpc) is 3.99. The Morgan fingerprint density at radius 2 is 1.40 bits per heavy atom. The van der Waals surface area contributed by atoms with E-state index in [0.717, 1.165) is 60.9 Å². The number of amides is 2. The van der Waals surface area contributed by atoms with Gasteiger partial charge in [-0.2, -0.15) is 9.46 Å². The van der Waals surface area contributed by atoms with Gasteiger partial charge in [-0.1, -0.05) is 118 Å². The molecule has 0 radical (unpaired) electrons. The largest absolute Gasteiger partial charge is 0.469 e. The Labute approximate surface area is 326 Å². The highest BCUT2D eigenvalue weighted by atomic mass is 32.2. The summed E-state index contributed by atoms with van der Waals surface area (Å²) in [5, 5.41) is 7.93. The SMILES string of the molecule is CC(C)(C)[Si](C)(C)OCC1Cn2ncc(S(=O)(=NC(c3ccccc3)(c3ccccc3)c3ccccc3)NC(=O)Nc3c4c(cc5c3CCC5)CCC4)c2O1. The molecule has 0 saturated carbocycles. The minimum Gasteiger partial charge on any atom is -0.469 e. The van der Waals surface area contributed by atoms with Gasteiger partial charge in [0.15, 0.2) is 18.2 Å². The van der Waals surface area contributed by atoms with E-state index < -0.39 is 29.8 Å². The van der Waals surface area contributed by atoms with Crippen LogP contribution < -0.4 is 14.8 Å². The number of hydrogen-bond donors (Lipinski definition) is 2. The van der Waals surface area contributed by atoms with Gasteiger partial charge in [-0.3, -0.25) is 0 Å². The lowest BCUT2D eigenvalue weighted by Gasteiger charge is -2.36. The maximum Gasteiger partial charge on any atom is 0.331 e. The van der Waals surface area contributed by atoms with Gasteiger partial charge in [0.2, 0.25) is 5.88 Å². The van der Waals surface area contributed by atoms with Gasteiger partial charge in [0.25, 0.3) is 0 Å². The lowest BCUT2D eigenvalue weighted by molar-refractivity contribution is 0.135. The topological polar surface area (TPSA) is 107 Å². The number of hydrogen-bond acceptors (Lipinski definition) is 6. The van der Waals surface area contributed by atoms with Crippen LogP contribution in [0.2, 0.25) is 18.1 Å². The van der Waals surface area contributed by atoms with Gasteiger partial charge in [0.1, 0.15) is 16.5 Å². The van der Waals surface area contributed by atoms with Crippen molar-refractivity contribution < 1.29 is 18.2 Å². The van der Waals surface area contributed by atoms with Crippen molar-refractivity contribution in [1.82, 2.24) is 14.5 Å². The average molecular weight is 774 g/mol. The molecule has 286 valence electrons. The summed E-state index contributed by atoms with van der Waals surface area (Å²) in [5.41, 5.74) is 6.92. The zero-order valence-corrected chi connectivity index (χ0v) is 34.2. The molecule has 2 heterocycles. The fourth-order valence-corrected chi connectivity index (χ4v) is 10.9. The van der Waals surface area contributed by atoms with Crippen LogP contribution in [0, 0.1) is 0 Å². The molecule has 2 N–H and O–H groups in total. The lowest BCUT2D eigenvalue weighted by atomic mass is 9.78. The molecular formula is C44H51N5O4SSi. The highest BCUT2D eigenvalue weighted by Crippen LogP contribution is 2.44. The number of fused-ring (bicyclic) bond motifs is 3. The van der Waals surface area contributed by atoms with E-state index in [4.69, 9.17) is 13.5 Å². The summed E-state index contributed by atoms with van der Waals surface area (Å²) in [5.74, 6) is 0.322. The number of nitrogens with one attached hydrogen (secondary N) is 2. The Kier molecular flexibility index (Phi) is 9.76. The summed E-state index contributed by atoms with van der Waals surface area (Å²) in [6, 6.07) is 31.3. The van der Waals surface area contributed by atoms with Crippen LogP contribution in [0.3, 0.4) is 0 Å². The van der Waals surface area contributed by atoms with Crippen LogP contribution >= 0.6 is 0 Å². The molecule has 5 aromatic rings. The molecule has 55 heavy (non-hydrogen) atoms. The molecule has 2 aliphatic carbocycles. The van der Waals surface area contributed by atoms with Crippen molar-refractivity contribution >= 4 is 30.0 Å². The highest BCUT2D eigenvalue weighted by Gasteiger charge is 2.43. The first-order valence-electron chi connectivity index (χ1n) is 19.4. The van der Waals surface area contributed by atoms with Crippen molar-refractivity contribution in [1.29, 1.82) is 0 Å². The van der Waals surface area contributed by atoms with Crippen molar-refractivity contribution in [2.45, 2.75) is 101 Å². The molecule has 1 aromatic heterocycles. The molecule has 4 aromatic carbocycles. The van der Waals surface area contributed by atoms with Crippen LogP contribution in [0.4, 0.5) is 10.5 Å². The van der Waals surface area contributed by atoms with E-state index in [0.29, 0.717) is 19.0 Å². The molecule has 2 unspecified atom stereocenters. The number of carbonyl (C=O) groups is 1. The number of carbonyl (C=O) groups excluding carboxylic acids is 1. The van der Waals surface area contributed by atoms with Gasteiger partial charge >= 0.3 is 6.03 Å². The van der Waals surface area contributed by atoms with Gasteiger partial charge in [-0.25, -0.2) is 18.4 Å². The number of rotatable bonds is 10. The molecule has 9 nitrogen and oxygen atoms in total. The van der Waals surface area contributed by atoms with E-state index in [1.165, 1.54) is 28.5 Å². The van der Waals surface area contributed by atoms with Crippen LogP contribution in [0.25, 0.3) is 0 Å².